The summed E-state index contributed by atoms with van der Waals surface area (Å²) >= 11 is 1.66. The molecule has 1 aliphatic carbocycles. The molecule has 2 aromatic rings. The molecule has 3 rings (SSSR count). The van der Waals surface area contributed by atoms with Gasteiger partial charge in [0.2, 0.25) is 0 Å². The molecular weight excluding hydrogens is 272 g/mol. The summed E-state index contributed by atoms with van der Waals surface area (Å²) in [6, 6.07) is 3.11. The van der Waals surface area contributed by atoms with Crippen molar-refractivity contribution < 1.29 is 9.90 Å². The van der Waals surface area contributed by atoms with E-state index in [0.717, 1.165) is 17.8 Å². The Morgan fingerprint density at radius 1 is 1.20 bits per heavy atom. The first-order chi connectivity index (χ1) is 9.74. The average Bonchev–Trinajstić information content (AvgIpc) is 2.81. The largest absolute Gasteiger partial charge is 0.478 e. The van der Waals surface area contributed by atoms with Gasteiger partial charge in [0.25, 0.3) is 0 Å². The lowest BCUT2D eigenvalue weighted by Gasteiger charge is -2.06. The van der Waals surface area contributed by atoms with Crippen LogP contribution in [-0.2, 0) is 12.8 Å². The first-order valence-corrected chi connectivity index (χ1v) is 7.74. The van der Waals surface area contributed by atoms with Crippen LogP contribution in [0.1, 0.15) is 46.6 Å². The minimum absolute atomic E-state index is 0.262. The normalized spacial score (nSPS) is 15.2. The van der Waals surface area contributed by atoms with Gasteiger partial charge in [-0.3, -0.25) is 4.98 Å². The van der Waals surface area contributed by atoms with Gasteiger partial charge in [0.15, 0.2) is 0 Å². The van der Waals surface area contributed by atoms with Crippen molar-refractivity contribution in [1.82, 2.24) is 9.97 Å². The number of rotatable bonds is 2. The molecule has 0 aliphatic heterocycles. The Labute approximate surface area is 121 Å². The summed E-state index contributed by atoms with van der Waals surface area (Å²) in [6.07, 6.45) is 8.64. The van der Waals surface area contributed by atoms with Crippen LogP contribution in [0.3, 0.4) is 0 Å². The highest BCUT2D eigenvalue weighted by Gasteiger charge is 2.15. The van der Waals surface area contributed by atoms with E-state index in [2.05, 4.69) is 9.97 Å². The van der Waals surface area contributed by atoms with Crippen LogP contribution < -0.4 is 0 Å². The van der Waals surface area contributed by atoms with Crippen LogP contribution in [0.25, 0.3) is 10.7 Å². The zero-order valence-electron chi connectivity index (χ0n) is 11.1. The number of nitrogens with zero attached hydrogens (tertiary/aromatic N) is 2. The molecule has 0 unspecified atom stereocenters. The van der Waals surface area contributed by atoms with Crippen molar-refractivity contribution in [2.24, 2.45) is 0 Å². The van der Waals surface area contributed by atoms with E-state index in [1.165, 1.54) is 48.5 Å². The number of carboxylic acids is 1. The molecule has 2 aromatic heterocycles. The third-order valence-corrected chi connectivity index (χ3v) is 4.75. The van der Waals surface area contributed by atoms with Gasteiger partial charge in [0.1, 0.15) is 5.01 Å². The summed E-state index contributed by atoms with van der Waals surface area (Å²) in [6.45, 7) is 0. The summed E-state index contributed by atoms with van der Waals surface area (Å²) in [5, 5.41) is 9.90. The van der Waals surface area contributed by atoms with Gasteiger partial charge in [-0.1, -0.05) is 12.8 Å². The summed E-state index contributed by atoms with van der Waals surface area (Å²) < 4.78 is 0. The smallest absolute Gasteiger partial charge is 0.335 e. The highest BCUT2D eigenvalue weighted by Crippen LogP contribution is 2.31. The number of aromatic nitrogens is 2. The first kappa shape index (κ1) is 13.2. The zero-order chi connectivity index (χ0) is 13.9. The van der Waals surface area contributed by atoms with Crippen molar-refractivity contribution >= 4 is 17.3 Å². The molecule has 2 heterocycles. The van der Waals surface area contributed by atoms with Gasteiger partial charge in [-0.15, -0.1) is 11.3 Å². The van der Waals surface area contributed by atoms with Crippen molar-refractivity contribution in [3.63, 3.8) is 0 Å². The predicted molar refractivity (Wildman–Crippen MR) is 78.2 cm³/mol. The van der Waals surface area contributed by atoms with Crippen molar-refractivity contribution in [3.05, 3.63) is 34.5 Å². The van der Waals surface area contributed by atoms with E-state index >= 15 is 0 Å². The van der Waals surface area contributed by atoms with E-state index in [4.69, 9.17) is 5.11 Å². The summed E-state index contributed by atoms with van der Waals surface area (Å²) in [4.78, 5) is 21.3. The summed E-state index contributed by atoms with van der Waals surface area (Å²) in [7, 11) is 0. The molecule has 0 atom stereocenters. The number of aromatic carboxylic acids is 1. The van der Waals surface area contributed by atoms with E-state index in [0.29, 0.717) is 5.69 Å². The molecule has 20 heavy (non-hydrogen) atoms. The van der Waals surface area contributed by atoms with E-state index in [1.807, 2.05) is 0 Å². The average molecular weight is 288 g/mol. The Balaban J connectivity index is 1.96. The van der Waals surface area contributed by atoms with Crippen LogP contribution in [0.15, 0.2) is 18.3 Å². The van der Waals surface area contributed by atoms with E-state index < -0.39 is 5.97 Å². The molecule has 1 aliphatic rings. The fraction of sp³-hybridized carbons (Fsp3) is 0.400. The number of carbonyl (C=O) groups is 1. The van der Waals surface area contributed by atoms with Crippen molar-refractivity contribution in [1.29, 1.82) is 0 Å². The predicted octanol–water partition coefficient (Wildman–Crippen LogP) is 3.56. The van der Waals surface area contributed by atoms with Crippen molar-refractivity contribution in [2.45, 2.75) is 38.5 Å². The number of hydrogen-bond donors (Lipinski definition) is 1. The topological polar surface area (TPSA) is 63.1 Å². The second-order valence-electron chi connectivity index (χ2n) is 5.04. The Bertz CT molecular complexity index is 611. The number of pyridine rings is 1. The lowest BCUT2D eigenvalue weighted by atomic mass is 10.0. The molecule has 0 amide bonds. The standard InChI is InChI=1S/C15H16N2O2S/c18-15(19)10-7-8-16-12(9-10)14-17-11-5-3-1-2-4-6-13(11)20-14/h7-9H,1-6H2,(H,18,19). The maximum absolute atomic E-state index is 11.0. The Morgan fingerprint density at radius 3 is 2.80 bits per heavy atom. The minimum atomic E-state index is -0.927. The van der Waals surface area contributed by atoms with Crippen LogP contribution in [0, 0.1) is 0 Å². The lowest BCUT2D eigenvalue weighted by Crippen LogP contribution is -1.98. The van der Waals surface area contributed by atoms with E-state index in [-0.39, 0.29) is 5.56 Å². The third kappa shape index (κ3) is 2.72. The number of fused-ring (bicyclic) bond motifs is 1. The van der Waals surface area contributed by atoms with Crippen LogP contribution >= 0.6 is 11.3 Å². The maximum atomic E-state index is 11.0. The molecule has 0 saturated heterocycles. The number of aryl methyl sites for hydroxylation is 2. The molecule has 4 nitrogen and oxygen atoms in total. The molecular formula is C15H16N2O2S. The first-order valence-electron chi connectivity index (χ1n) is 6.92. The van der Waals surface area contributed by atoms with Gasteiger partial charge < -0.3 is 5.11 Å². The van der Waals surface area contributed by atoms with Crippen molar-refractivity contribution in [3.8, 4) is 10.7 Å². The van der Waals surface area contributed by atoms with Crippen LogP contribution in [0.4, 0.5) is 0 Å². The number of hydrogen-bond acceptors (Lipinski definition) is 4. The van der Waals surface area contributed by atoms with E-state index in [9.17, 15) is 4.79 Å². The third-order valence-electron chi connectivity index (χ3n) is 3.57. The molecule has 0 fully saturated rings. The van der Waals surface area contributed by atoms with Crippen molar-refractivity contribution in [2.75, 3.05) is 0 Å². The highest BCUT2D eigenvalue weighted by atomic mass is 32.1. The van der Waals surface area contributed by atoms with Crippen LogP contribution in [-0.4, -0.2) is 21.0 Å². The van der Waals surface area contributed by atoms with Crippen LogP contribution in [0.5, 0.6) is 0 Å². The Kier molecular flexibility index (Phi) is 3.78. The lowest BCUT2D eigenvalue weighted by molar-refractivity contribution is 0.0697. The SMILES string of the molecule is O=C(O)c1ccnc(-c2nc3c(s2)CCCCCC3)c1. The molecule has 0 aromatic carbocycles. The molecule has 0 bridgehead atoms. The second-order valence-corrected chi connectivity index (χ2v) is 6.12. The number of thiazole rings is 1. The van der Waals surface area contributed by atoms with Gasteiger partial charge in [-0.05, 0) is 37.8 Å². The fourth-order valence-electron chi connectivity index (χ4n) is 2.50. The van der Waals surface area contributed by atoms with Gasteiger partial charge in [-0.2, -0.15) is 0 Å². The summed E-state index contributed by atoms with van der Waals surface area (Å²) in [5.74, 6) is -0.927. The molecule has 0 radical (unpaired) electrons. The summed E-state index contributed by atoms with van der Waals surface area (Å²) in [5.41, 5.74) is 2.12. The van der Waals surface area contributed by atoms with Gasteiger partial charge >= 0.3 is 5.97 Å². The maximum Gasteiger partial charge on any atom is 0.335 e. The molecule has 1 N–H and O–H groups in total. The van der Waals surface area contributed by atoms with E-state index in [1.54, 1.807) is 17.4 Å². The van der Waals surface area contributed by atoms with Gasteiger partial charge in [0, 0.05) is 11.1 Å². The monoisotopic (exact) mass is 288 g/mol. The quantitative estimate of drug-likeness (QED) is 0.917. The molecule has 104 valence electrons. The van der Waals surface area contributed by atoms with Gasteiger partial charge in [-0.25, -0.2) is 9.78 Å². The highest BCUT2D eigenvalue weighted by molar-refractivity contribution is 7.15. The molecule has 0 saturated carbocycles. The minimum Gasteiger partial charge on any atom is -0.478 e. The fourth-order valence-corrected chi connectivity index (χ4v) is 3.61. The van der Waals surface area contributed by atoms with Crippen LogP contribution in [0.2, 0.25) is 0 Å². The number of carboxylic acid groups (broad SMARTS) is 1. The van der Waals surface area contributed by atoms with Gasteiger partial charge in [0.05, 0.1) is 17.0 Å². The molecule has 5 heteroatoms. The Morgan fingerprint density at radius 2 is 2.00 bits per heavy atom. The zero-order valence-corrected chi connectivity index (χ0v) is 11.9. The second kappa shape index (κ2) is 5.71. The molecule has 0 spiro atoms. The Hall–Kier alpha value is -1.75.